The van der Waals surface area contributed by atoms with Crippen LogP contribution in [-0.2, 0) is 23.1 Å². The van der Waals surface area contributed by atoms with E-state index in [0.29, 0.717) is 24.3 Å². The highest BCUT2D eigenvalue weighted by Crippen LogP contribution is 2.20. The van der Waals surface area contributed by atoms with Crippen LogP contribution in [0.15, 0.2) is 72.8 Å². The van der Waals surface area contributed by atoms with Crippen molar-refractivity contribution in [2.24, 2.45) is 0 Å². The summed E-state index contributed by atoms with van der Waals surface area (Å²) in [6.07, 6.45) is 1.09. The van der Waals surface area contributed by atoms with E-state index in [1.807, 2.05) is 32.0 Å². The molecule has 0 bridgehead atoms. The van der Waals surface area contributed by atoms with Crippen LogP contribution in [0.3, 0.4) is 0 Å². The number of amides is 1. The minimum absolute atomic E-state index is 0.0190. The number of nitrogens with one attached hydrogen (secondary N) is 3. The fourth-order valence-corrected chi connectivity index (χ4v) is 3.89. The fourth-order valence-electron chi connectivity index (χ4n) is 3.34. The molecule has 3 rings (SSSR count). The van der Waals surface area contributed by atoms with Crippen LogP contribution in [0.25, 0.3) is 11.1 Å². The fraction of sp³-hybridized carbons (Fsp3) is 0.240. The van der Waals surface area contributed by atoms with E-state index in [0.717, 1.165) is 22.9 Å². The molecule has 0 heterocycles. The average Bonchev–Trinajstić information content (AvgIpc) is 2.73. The highest BCUT2D eigenvalue weighted by Gasteiger charge is 2.12. The minimum atomic E-state index is -3.45. The van der Waals surface area contributed by atoms with E-state index in [1.54, 1.807) is 18.2 Å². The predicted octanol–water partition coefficient (Wildman–Crippen LogP) is 4.15. The van der Waals surface area contributed by atoms with Crippen LogP contribution in [-0.4, -0.2) is 26.6 Å². The van der Waals surface area contributed by atoms with Gasteiger partial charge in [0.05, 0.1) is 6.26 Å². The lowest BCUT2D eigenvalue weighted by Gasteiger charge is -2.13. The molecule has 0 saturated carbocycles. The molecule has 32 heavy (non-hydrogen) atoms. The van der Waals surface area contributed by atoms with Gasteiger partial charge in [0.25, 0.3) is 5.91 Å². The number of carbonyl (C=O) groups is 1. The van der Waals surface area contributed by atoms with Gasteiger partial charge in [-0.3, -0.25) is 9.52 Å². The number of hydrogen-bond acceptors (Lipinski definition) is 4. The Bertz CT molecular complexity index is 1160. The molecule has 0 fully saturated rings. The van der Waals surface area contributed by atoms with E-state index in [9.17, 15) is 13.2 Å². The summed E-state index contributed by atoms with van der Waals surface area (Å²) in [7, 11) is -3.45. The Hall–Kier alpha value is -3.16. The Morgan fingerprint density at radius 3 is 2.09 bits per heavy atom. The third-order valence-electron chi connectivity index (χ3n) is 4.70. The van der Waals surface area contributed by atoms with Gasteiger partial charge in [-0.1, -0.05) is 54.6 Å². The summed E-state index contributed by atoms with van der Waals surface area (Å²) < 4.78 is 25.8. The van der Waals surface area contributed by atoms with Gasteiger partial charge in [-0.25, -0.2) is 8.42 Å². The quantitative estimate of drug-likeness (QED) is 0.456. The second-order valence-corrected chi connectivity index (χ2v) is 9.84. The van der Waals surface area contributed by atoms with E-state index in [-0.39, 0.29) is 11.9 Å². The van der Waals surface area contributed by atoms with Crippen molar-refractivity contribution >= 4 is 21.6 Å². The van der Waals surface area contributed by atoms with Gasteiger partial charge in [-0.2, -0.15) is 0 Å². The Balaban J connectivity index is 1.69. The summed E-state index contributed by atoms with van der Waals surface area (Å²) in [5.74, 6) is -0.241. The predicted molar refractivity (Wildman–Crippen MR) is 130 cm³/mol. The van der Waals surface area contributed by atoms with Gasteiger partial charge in [0.2, 0.25) is 10.0 Å². The molecule has 7 heteroatoms. The SMILES string of the molecule is CC(C)NC(=O)c1cc(CNCc2ccc(-c3ccccc3)cc2)cc(NS(C)(=O)=O)c1. The smallest absolute Gasteiger partial charge is 0.251 e. The minimum Gasteiger partial charge on any atom is -0.350 e. The normalized spacial score (nSPS) is 11.4. The van der Waals surface area contributed by atoms with Crippen molar-refractivity contribution in [1.29, 1.82) is 0 Å². The first kappa shape index (κ1) is 23.5. The molecule has 1 amide bonds. The van der Waals surface area contributed by atoms with Crippen molar-refractivity contribution in [3.8, 4) is 11.1 Å². The Kier molecular flexibility index (Phi) is 7.66. The standard InChI is InChI=1S/C25H29N3O3S/c1-18(2)27-25(29)23-13-20(14-24(15-23)28-32(3,30)31)17-26-16-19-9-11-22(12-10-19)21-7-5-4-6-8-21/h4-15,18,26,28H,16-17H2,1-3H3,(H,27,29). The van der Waals surface area contributed by atoms with Gasteiger partial charge in [-0.15, -0.1) is 0 Å². The Morgan fingerprint density at radius 1 is 0.844 bits per heavy atom. The topological polar surface area (TPSA) is 87.3 Å². The molecule has 168 valence electrons. The number of rotatable bonds is 9. The summed E-state index contributed by atoms with van der Waals surface area (Å²) in [6, 6.07) is 23.6. The molecular formula is C25H29N3O3S. The van der Waals surface area contributed by atoms with Crippen LogP contribution >= 0.6 is 0 Å². The van der Waals surface area contributed by atoms with Gasteiger partial charge in [-0.05, 0) is 54.3 Å². The van der Waals surface area contributed by atoms with Gasteiger partial charge in [0.1, 0.15) is 0 Å². The number of carbonyl (C=O) groups excluding carboxylic acids is 1. The van der Waals surface area contributed by atoms with Crippen LogP contribution in [0.5, 0.6) is 0 Å². The van der Waals surface area contributed by atoms with E-state index in [2.05, 4.69) is 51.8 Å². The maximum Gasteiger partial charge on any atom is 0.251 e. The zero-order chi connectivity index (χ0) is 23.1. The van der Waals surface area contributed by atoms with E-state index >= 15 is 0 Å². The third kappa shape index (κ3) is 7.21. The molecule has 3 aromatic rings. The first-order valence-electron chi connectivity index (χ1n) is 10.5. The van der Waals surface area contributed by atoms with Crippen LogP contribution in [0.1, 0.15) is 35.3 Å². The Labute approximate surface area is 190 Å². The lowest BCUT2D eigenvalue weighted by Crippen LogP contribution is -2.30. The number of sulfonamides is 1. The van der Waals surface area contributed by atoms with E-state index in [1.165, 1.54) is 5.56 Å². The molecule has 3 aromatic carbocycles. The molecule has 0 atom stereocenters. The molecule has 0 saturated heterocycles. The molecule has 0 unspecified atom stereocenters. The largest absolute Gasteiger partial charge is 0.350 e. The van der Waals surface area contributed by atoms with Crippen LogP contribution in [0.4, 0.5) is 5.69 Å². The summed E-state index contributed by atoms with van der Waals surface area (Å²) >= 11 is 0. The molecule has 0 radical (unpaired) electrons. The zero-order valence-corrected chi connectivity index (χ0v) is 19.4. The van der Waals surface area contributed by atoms with Crippen LogP contribution in [0, 0.1) is 0 Å². The first-order valence-corrected chi connectivity index (χ1v) is 12.4. The van der Waals surface area contributed by atoms with E-state index in [4.69, 9.17) is 0 Å². The number of benzene rings is 3. The van der Waals surface area contributed by atoms with Gasteiger partial charge in [0, 0.05) is 30.4 Å². The van der Waals surface area contributed by atoms with Crippen molar-refractivity contribution in [2.75, 3.05) is 11.0 Å². The highest BCUT2D eigenvalue weighted by molar-refractivity contribution is 7.92. The van der Waals surface area contributed by atoms with Crippen molar-refractivity contribution in [2.45, 2.75) is 33.0 Å². The maximum absolute atomic E-state index is 12.5. The maximum atomic E-state index is 12.5. The molecule has 0 aliphatic heterocycles. The van der Waals surface area contributed by atoms with Crippen LogP contribution < -0.4 is 15.4 Å². The molecule has 3 N–H and O–H groups in total. The molecular weight excluding hydrogens is 422 g/mol. The lowest BCUT2D eigenvalue weighted by molar-refractivity contribution is 0.0943. The summed E-state index contributed by atoms with van der Waals surface area (Å²) in [5.41, 5.74) is 5.06. The van der Waals surface area contributed by atoms with Gasteiger partial charge >= 0.3 is 0 Å². The average molecular weight is 452 g/mol. The first-order chi connectivity index (χ1) is 15.2. The van der Waals surface area contributed by atoms with Crippen molar-refractivity contribution in [3.05, 3.63) is 89.5 Å². The van der Waals surface area contributed by atoms with Crippen molar-refractivity contribution < 1.29 is 13.2 Å². The molecule has 6 nitrogen and oxygen atoms in total. The zero-order valence-electron chi connectivity index (χ0n) is 18.6. The highest BCUT2D eigenvalue weighted by atomic mass is 32.2. The summed E-state index contributed by atoms with van der Waals surface area (Å²) in [6.45, 7) is 4.89. The number of hydrogen-bond donors (Lipinski definition) is 3. The summed E-state index contributed by atoms with van der Waals surface area (Å²) in [5, 5.41) is 6.21. The molecule has 0 spiro atoms. The lowest BCUT2D eigenvalue weighted by atomic mass is 10.0. The molecule has 0 aliphatic rings. The second kappa shape index (κ2) is 10.4. The monoisotopic (exact) mass is 451 g/mol. The molecule has 0 aliphatic carbocycles. The van der Waals surface area contributed by atoms with Crippen molar-refractivity contribution in [1.82, 2.24) is 10.6 Å². The van der Waals surface area contributed by atoms with Gasteiger partial charge < -0.3 is 10.6 Å². The van der Waals surface area contributed by atoms with Gasteiger partial charge in [0.15, 0.2) is 0 Å². The third-order valence-corrected chi connectivity index (χ3v) is 5.30. The van der Waals surface area contributed by atoms with Crippen LogP contribution in [0.2, 0.25) is 0 Å². The Morgan fingerprint density at radius 2 is 1.47 bits per heavy atom. The second-order valence-electron chi connectivity index (χ2n) is 8.09. The molecule has 0 aromatic heterocycles. The number of anilines is 1. The van der Waals surface area contributed by atoms with Crippen molar-refractivity contribution in [3.63, 3.8) is 0 Å². The van der Waals surface area contributed by atoms with E-state index < -0.39 is 10.0 Å². The summed E-state index contributed by atoms with van der Waals surface area (Å²) in [4.78, 5) is 12.5.